The van der Waals surface area contributed by atoms with Crippen LogP contribution in [0, 0.1) is 0 Å². The van der Waals surface area contributed by atoms with Crippen molar-refractivity contribution < 1.29 is 13.2 Å². The predicted molar refractivity (Wildman–Crippen MR) is 67.9 cm³/mol. The summed E-state index contributed by atoms with van der Waals surface area (Å²) < 4.78 is 37.6. The quantitative estimate of drug-likeness (QED) is 0.839. The fourth-order valence-electron chi connectivity index (χ4n) is 2.85. The Kier molecular flexibility index (Phi) is 2.82. The molecule has 0 saturated carbocycles. The lowest BCUT2D eigenvalue weighted by Crippen LogP contribution is -2.43. The van der Waals surface area contributed by atoms with Gasteiger partial charge in [0.2, 0.25) is 0 Å². The monoisotopic (exact) mass is 268 g/mol. The number of alkyl halides is 3. The molecule has 0 saturated heterocycles. The van der Waals surface area contributed by atoms with Gasteiger partial charge in [-0.3, -0.25) is 4.90 Å². The average Bonchev–Trinajstić information content (AvgIpc) is 2.66. The zero-order chi connectivity index (χ0) is 13.6. The highest BCUT2D eigenvalue weighted by Crippen LogP contribution is 2.31. The molecule has 1 unspecified atom stereocenters. The van der Waals surface area contributed by atoms with E-state index in [9.17, 15) is 13.2 Å². The van der Waals surface area contributed by atoms with Crippen molar-refractivity contribution in [2.75, 3.05) is 6.54 Å². The van der Waals surface area contributed by atoms with E-state index in [4.69, 9.17) is 0 Å². The lowest BCUT2D eigenvalue weighted by atomic mass is 9.98. The SMILES string of the molecule is CC1Cc2c([nH]c3ccccc23)CN1CC(F)(F)F. The summed E-state index contributed by atoms with van der Waals surface area (Å²) >= 11 is 0. The van der Waals surface area contributed by atoms with Crippen LogP contribution in [0.3, 0.4) is 0 Å². The lowest BCUT2D eigenvalue weighted by molar-refractivity contribution is -0.152. The smallest absolute Gasteiger partial charge is 0.357 e. The maximum atomic E-state index is 12.5. The Morgan fingerprint density at radius 2 is 2.05 bits per heavy atom. The molecule has 2 aromatic rings. The van der Waals surface area contributed by atoms with Crippen molar-refractivity contribution >= 4 is 10.9 Å². The van der Waals surface area contributed by atoms with E-state index < -0.39 is 12.7 Å². The molecule has 1 aromatic carbocycles. The third-order valence-corrected chi connectivity index (χ3v) is 3.77. The second kappa shape index (κ2) is 4.27. The van der Waals surface area contributed by atoms with Gasteiger partial charge in [-0.25, -0.2) is 0 Å². The van der Waals surface area contributed by atoms with Crippen LogP contribution < -0.4 is 0 Å². The second-order valence-electron chi connectivity index (χ2n) is 5.20. The van der Waals surface area contributed by atoms with Crippen LogP contribution in [0.15, 0.2) is 24.3 Å². The Bertz CT molecular complexity index is 600. The fourth-order valence-corrected chi connectivity index (χ4v) is 2.85. The summed E-state index contributed by atoms with van der Waals surface area (Å²) in [6.07, 6.45) is -3.48. The molecule has 2 heterocycles. The Hall–Kier alpha value is -1.49. The number of hydrogen-bond acceptors (Lipinski definition) is 1. The minimum absolute atomic E-state index is 0.0895. The first-order valence-corrected chi connectivity index (χ1v) is 6.33. The van der Waals surface area contributed by atoms with E-state index in [1.165, 1.54) is 10.5 Å². The summed E-state index contributed by atoms with van der Waals surface area (Å²) in [5.74, 6) is 0. The van der Waals surface area contributed by atoms with E-state index in [0.29, 0.717) is 13.0 Å². The van der Waals surface area contributed by atoms with Gasteiger partial charge in [0, 0.05) is 29.2 Å². The highest BCUT2D eigenvalue weighted by Gasteiger charge is 2.35. The molecule has 3 rings (SSSR count). The number of nitrogens with one attached hydrogen (secondary N) is 1. The third kappa shape index (κ3) is 2.34. The number of aromatic amines is 1. The Balaban J connectivity index is 1.95. The minimum atomic E-state index is -4.14. The van der Waals surface area contributed by atoms with Crippen molar-refractivity contribution in [2.45, 2.75) is 32.1 Å². The van der Waals surface area contributed by atoms with Crippen molar-refractivity contribution in [3.63, 3.8) is 0 Å². The molecule has 0 amide bonds. The van der Waals surface area contributed by atoms with Crippen LogP contribution in [-0.4, -0.2) is 28.6 Å². The molecule has 1 aliphatic rings. The van der Waals surface area contributed by atoms with Crippen LogP contribution >= 0.6 is 0 Å². The largest absolute Gasteiger partial charge is 0.401 e. The van der Waals surface area contributed by atoms with Crippen LogP contribution in [0.25, 0.3) is 10.9 Å². The van der Waals surface area contributed by atoms with Crippen molar-refractivity contribution in [1.29, 1.82) is 0 Å². The van der Waals surface area contributed by atoms with E-state index in [-0.39, 0.29) is 6.04 Å². The summed E-state index contributed by atoms with van der Waals surface area (Å²) in [6.45, 7) is 1.35. The number of fused-ring (bicyclic) bond motifs is 3. The van der Waals surface area contributed by atoms with Gasteiger partial charge in [0.05, 0.1) is 6.54 Å². The van der Waals surface area contributed by atoms with E-state index in [1.807, 2.05) is 31.2 Å². The molecular formula is C14H15F3N2. The van der Waals surface area contributed by atoms with Crippen LogP contribution in [0.2, 0.25) is 0 Å². The van der Waals surface area contributed by atoms with Gasteiger partial charge >= 0.3 is 6.18 Å². The molecule has 0 fully saturated rings. The molecule has 0 radical (unpaired) electrons. The zero-order valence-electron chi connectivity index (χ0n) is 10.6. The fraction of sp³-hybridized carbons (Fsp3) is 0.429. The summed E-state index contributed by atoms with van der Waals surface area (Å²) in [7, 11) is 0. The van der Waals surface area contributed by atoms with E-state index >= 15 is 0 Å². The zero-order valence-corrected chi connectivity index (χ0v) is 10.6. The molecular weight excluding hydrogens is 253 g/mol. The Labute approximate surface area is 109 Å². The number of aromatic nitrogens is 1. The van der Waals surface area contributed by atoms with Crippen LogP contribution in [-0.2, 0) is 13.0 Å². The maximum Gasteiger partial charge on any atom is 0.401 e. The van der Waals surface area contributed by atoms with Crippen molar-refractivity contribution in [3.8, 4) is 0 Å². The minimum Gasteiger partial charge on any atom is -0.357 e. The van der Waals surface area contributed by atoms with Crippen molar-refractivity contribution in [1.82, 2.24) is 9.88 Å². The van der Waals surface area contributed by atoms with Gasteiger partial charge in [0.1, 0.15) is 0 Å². The summed E-state index contributed by atoms with van der Waals surface area (Å²) in [4.78, 5) is 4.73. The molecule has 1 atom stereocenters. The molecule has 19 heavy (non-hydrogen) atoms. The van der Waals surface area contributed by atoms with Gasteiger partial charge in [0.15, 0.2) is 0 Å². The molecule has 5 heteroatoms. The van der Waals surface area contributed by atoms with Gasteiger partial charge in [-0.15, -0.1) is 0 Å². The number of halogens is 3. The molecule has 0 aliphatic carbocycles. The lowest BCUT2D eigenvalue weighted by Gasteiger charge is -2.33. The van der Waals surface area contributed by atoms with E-state index in [2.05, 4.69) is 4.98 Å². The van der Waals surface area contributed by atoms with Crippen molar-refractivity contribution in [2.24, 2.45) is 0 Å². The number of H-pyrrole nitrogens is 1. The number of benzene rings is 1. The third-order valence-electron chi connectivity index (χ3n) is 3.77. The maximum absolute atomic E-state index is 12.5. The molecule has 1 aliphatic heterocycles. The van der Waals surface area contributed by atoms with Crippen molar-refractivity contribution in [3.05, 3.63) is 35.5 Å². The standard InChI is InChI=1S/C14H15F3N2/c1-9-6-11-10-4-2-3-5-12(10)18-13(11)7-19(9)8-14(15,16)17/h2-5,9,18H,6-8H2,1H3. The molecule has 1 aromatic heterocycles. The molecule has 0 spiro atoms. The van der Waals surface area contributed by atoms with Gasteiger partial charge < -0.3 is 4.98 Å². The highest BCUT2D eigenvalue weighted by atomic mass is 19.4. The van der Waals surface area contributed by atoms with Crippen LogP contribution in [0.5, 0.6) is 0 Å². The van der Waals surface area contributed by atoms with E-state index in [0.717, 1.165) is 16.6 Å². The van der Waals surface area contributed by atoms with Gasteiger partial charge in [-0.05, 0) is 25.0 Å². The van der Waals surface area contributed by atoms with Gasteiger partial charge in [0.25, 0.3) is 0 Å². The molecule has 0 bridgehead atoms. The number of nitrogens with zero attached hydrogens (tertiary/aromatic N) is 1. The summed E-state index contributed by atoms with van der Waals surface area (Å²) in [5, 5.41) is 1.14. The second-order valence-corrected chi connectivity index (χ2v) is 5.20. The number of hydrogen-bond donors (Lipinski definition) is 1. The van der Waals surface area contributed by atoms with Gasteiger partial charge in [-0.2, -0.15) is 13.2 Å². The van der Waals surface area contributed by atoms with Gasteiger partial charge in [-0.1, -0.05) is 18.2 Å². The number of rotatable bonds is 1. The topological polar surface area (TPSA) is 19.0 Å². The van der Waals surface area contributed by atoms with E-state index in [1.54, 1.807) is 0 Å². The summed E-state index contributed by atoms with van der Waals surface area (Å²) in [6, 6.07) is 7.79. The molecule has 1 N–H and O–H groups in total. The first-order chi connectivity index (χ1) is 8.94. The normalized spacial score (nSPS) is 20.7. The van der Waals surface area contributed by atoms with Crippen LogP contribution in [0.4, 0.5) is 13.2 Å². The summed E-state index contributed by atoms with van der Waals surface area (Å²) in [5.41, 5.74) is 3.10. The molecule has 2 nitrogen and oxygen atoms in total. The highest BCUT2D eigenvalue weighted by molar-refractivity contribution is 5.84. The molecule has 102 valence electrons. The van der Waals surface area contributed by atoms with Crippen LogP contribution in [0.1, 0.15) is 18.2 Å². The predicted octanol–water partition coefficient (Wildman–Crippen LogP) is 3.48. The Morgan fingerprint density at radius 1 is 1.32 bits per heavy atom. The Morgan fingerprint density at radius 3 is 2.79 bits per heavy atom. The first kappa shape index (κ1) is 12.5. The average molecular weight is 268 g/mol. The number of para-hydroxylation sites is 1. The first-order valence-electron chi connectivity index (χ1n) is 6.33.